The minimum absolute atomic E-state index is 0. The van der Waals surface area contributed by atoms with E-state index < -0.39 is 4.81 Å². The second kappa shape index (κ2) is 13.3. The minimum Gasteiger partial charge on any atom is -1.00 e. The van der Waals surface area contributed by atoms with Gasteiger partial charge in [0.2, 0.25) is 0 Å². The summed E-state index contributed by atoms with van der Waals surface area (Å²) in [5, 5.41) is 19.2. The maximum atomic E-state index is 9.61. The van der Waals surface area contributed by atoms with Crippen LogP contribution in [0.2, 0.25) is 0 Å². The van der Waals surface area contributed by atoms with E-state index >= 15 is 0 Å². The highest BCUT2D eigenvalue weighted by Crippen LogP contribution is 2.12. The van der Waals surface area contributed by atoms with Gasteiger partial charge in [-0.3, -0.25) is 0 Å². The summed E-state index contributed by atoms with van der Waals surface area (Å²) in [7, 11) is 0. The van der Waals surface area contributed by atoms with Crippen molar-refractivity contribution in [3.63, 3.8) is 0 Å². The molecule has 0 saturated carbocycles. The van der Waals surface area contributed by atoms with E-state index in [1.807, 2.05) is 13.8 Å². The average Bonchev–Trinajstić information content (AvgIpc) is 2.31. The van der Waals surface area contributed by atoms with E-state index in [-0.39, 0.29) is 23.0 Å². The fourth-order valence-corrected chi connectivity index (χ4v) is 2.09. The lowest BCUT2D eigenvalue weighted by molar-refractivity contribution is -1.26. The van der Waals surface area contributed by atoms with Gasteiger partial charge in [0.1, 0.15) is 12.6 Å². The second-order valence-electron chi connectivity index (χ2n) is 5.79. The van der Waals surface area contributed by atoms with Gasteiger partial charge in [0.05, 0.1) is 0 Å². The smallest absolute Gasteiger partial charge is 0.146 e. The van der Waals surface area contributed by atoms with Gasteiger partial charge in [0, 0.05) is 6.42 Å². The molecule has 0 aromatic rings. The van der Waals surface area contributed by atoms with Crippen LogP contribution in [0.5, 0.6) is 0 Å². The third-order valence-electron chi connectivity index (χ3n) is 3.67. The lowest BCUT2D eigenvalue weighted by Gasteiger charge is -2.25. The Morgan fingerprint density at radius 2 is 1.11 bits per heavy atom. The number of quaternary nitrogens is 1. The molecule has 0 rings (SSSR count). The average molecular weight is 340 g/mol. The van der Waals surface area contributed by atoms with Crippen LogP contribution in [0.1, 0.15) is 85.0 Å². The highest BCUT2D eigenvalue weighted by atomic mass is 79.9. The van der Waals surface area contributed by atoms with E-state index in [0.717, 1.165) is 12.8 Å². The topological polar surface area (TPSA) is 40.5 Å². The molecule has 0 aliphatic carbocycles. The van der Waals surface area contributed by atoms with Crippen molar-refractivity contribution in [3.8, 4) is 0 Å². The Balaban J connectivity index is 0. The number of hydroxylamine groups is 4. The summed E-state index contributed by atoms with van der Waals surface area (Å²) in [6, 6.07) is -0.136. The molecule has 0 aromatic heterocycles. The normalized spacial score (nSPS) is 11.7. The number of halogens is 1. The summed E-state index contributed by atoms with van der Waals surface area (Å²) in [6.07, 6.45) is 12.7. The van der Waals surface area contributed by atoms with Crippen molar-refractivity contribution in [2.75, 3.05) is 6.54 Å². The van der Waals surface area contributed by atoms with Crippen molar-refractivity contribution < 1.29 is 32.2 Å². The van der Waals surface area contributed by atoms with E-state index in [1.165, 1.54) is 51.4 Å². The Labute approximate surface area is 130 Å². The molecule has 3 nitrogen and oxygen atoms in total. The predicted octanol–water partition coefficient (Wildman–Crippen LogP) is 1.91. The number of unbranched alkanes of at least 4 members (excludes halogenated alkanes) is 9. The van der Waals surface area contributed by atoms with Gasteiger partial charge in [-0.2, -0.15) is 10.4 Å². The second-order valence-corrected chi connectivity index (χ2v) is 5.79. The zero-order chi connectivity index (χ0) is 13.9. The molecule has 0 bridgehead atoms. The molecule has 118 valence electrons. The Morgan fingerprint density at radius 3 is 1.47 bits per heavy atom. The largest absolute Gasteiger partial charge is 1.00 e. The van der Waals surface area contributed by atoms with Crippen LogP contribution in [0.15, 0.2) is 0 Å². The molecule has 0 unspecified atom stereocenters. The number of hydrogen-bond acceptors (Lipinski definition) is 2. The van der Waals surface area contributed by atoms with Gasteiger partial charge >= 0.3 is 0 Å². The molecule has 0 aromatic carbocycles. The highest BCUT2D eigenvalue weighted by Gasteiger charge is 2.26. The lowest BCUT2D eigenvalue weighted by Crippen LogP contribution is -3.00. The number of nitrogens with zero attached hydrogens (tertiary/aromatic N) is 1. The predicted molar refractivity (Wildman–Crippen MR) is 75.7 cm³/mol. The van der Waals surface area contributed by atoms with Gasteiger partial charge in [0.15, 0.2) is 0 Å². The van der Waals surface area contributed by atoms with Crippen LogP contribution >= 0.6 is 0 Å². The molecule has 19 heavy (non-hydrogen) atoms. The summed E-state index contributed by atoms with van der Waals surface area (Å²) >= 11 is 0. The summed E-state index contributed by atoms with van der Waals surface area (Å²) in [5.41, 5.74) is 0. The number of rotatable bonds is 12. The molecule has 0 radical (unpaired) electrons. The van der Waals surface area contributed by atoms with Crippen molar-refractivity contribution in [2.24, 2.45) is 0 Å². The summed E-state index contributed by atoms with van der Waals surface area (Å²) in [6.45, 7) is 6.36. The first-order valence-corrected chi connectivity index (χ1v) is 7.84. The molecule has 0 spiro atoms. The van der Waals surface area contributed by atoms with Crippen LogP contribution in [-0.2, 0) is 0 Å². The third-order valence-corrected chi connectivity index (χ3v) is 3.67. The maximum Gasteiger partial charge on any atom is 0.146 e. The standard InChI is InChI=1S/C15H34NO2.BrH/c1-4-5-6-7-8-9-10-11-12-13-14-16(17,18)15(2)3;/h15,17-18H,4-14H2,1-3H3;1H/q+1;/p-1. The Bertz CT molecular complexity index is 187. The van der Waals surface area contributed by atoms with Gasteiger partial charge in [-0.1, -0.05) is 58.3 Å². The zero-order valence-electron chi connectivity index (χ0n) is 13.1. The Morgan fingerprint density at radius 1 is 0.737 bits per heavy atom. The quantitative estimate of drug-likeness (QED) is 0.324. The van der Waals surface area contributed by atoms with Crippen LogP contribution in [0.4, 0.5) is 0 Å². The Kier molecular flexibility index (Phi) is 15.2. The first-order chi connectivity index (χ1) is 8.50. The van der Waals surface area contributed by atoms with Crippen LogP contribution in [-0.4, -0.2) is 27.8 Å². The van der Waals surface area contributed by atoms with Crippen LogP contribution in [0, 0.1) is 0 Å². The first-order valence-electron chi connectivity index (χ1n) is 7.84. The van der Waals surface area contributed by atoms with E-state index in [1.54, 1.807) is 0 Å². The monoisotopic (exact) mass is 339 g/mol. The molecular weight excluding hydrogens is 306 g/mol. The van der Waals surface area contributed by atoms with Crippen molar-refractivity contribution >= 4 is 0 Å². The molecule has 2 N–H and O–H groups in total. The molecule has 0 heterocycles. The molecule has 4 heteroatoms. The van der Waals surface area contributed by atoms with Gasteiger partial charge in [-0.05, 0) is 25.1 Å². The van der Waals surface area contributed by atoms with Gasteiger partial charge in [-0.15, -0.1) is 0 Å². The van der Waals surface area contributed by atoms with E-state index in [2.05, 4.69) is 6.92 Å². The molecule has 0 aliphatic heterocycles. The van der Waals surface area contributed by atoms with Crippen LogP contribution in [0.25, 0.3) is 0 Å². The third kappa shape index (κ3) is 13.1. The van der Waals surface area contributed by atoms with Crippen LogP contribution < -0.4 is 17.0 Å². The van der Waals surface area contributed by atoms with Gasteiger partial charge < -0.3 is 17.0 Å². The van der Waals surface area contributed by atoms with Gasteiger partial charge in [-0.25, -0.2) is 0 Å². The molecule has 0 amide bonds. The molecule has 0 aliphatic rings. The fourth-order valence-electron chi connectivity index (χ4n) is 2.09. The first kappa shape index (κ1) is 21.7. The number of hydrogen-bond donors (Lipinski definition) is 2. The van der Waals surface area contributed by atoms with E-state index in [4.69, 9.17) is 0 Å². The minimum atomic E-state index is -0.822. The van der Waals surface area contributed by atoms with Crippen molar-refractivity contribution in [1.82, 2.24) is 0 Å². The summed E-state index contributed by atoms with van der Waals surface area (Å²) in [4.78, 5) is -0.822. The highest BCUT2D eigenvalue weighted by molar-refractivity contribution is 4.47. The van der Waals surface area contributed by atoms with Gasteiger partial charge in [0.25, 0.3) is 0 Å². The van der Waals surface area contributed by atoms with E-state index in [0.29, 0.717) is 6.54 Å². The van der Waals surface area contributed by atoms with Crippen molar-refractivity contribution in [2.45, 2.75) is 91.0 Å². The molecule has 0 fully saturated rings. The lowest BCUT2D eigenvalue weighted by atomic mass is 10.1. The van der Waals surface area contributed by atoms with Crippen molar-refractivity contribution in [3.05, 3.63) is 0 Å². The van der Waals surface area contributed by atoms with E-state index in [9.17, 15) is 10.4 Å². The Hall–Kier alpha value is 0.360. The SMILES string of the molecule is CCCCCCCCCCCC[N+](O)(O)C(C)C.[Br-]. The van der Waals surface area contributed by atoms with Crippen LogP contribution in [0.3, 0.4) is 0 Å². The summed E-state index contributed by atoms with van der Waals surface area (Å²) in [5.74, 6) is 0. The van der Waals surface area contributed by atoms with Crippen molar-refractivity contribution in [1.29, 1.82) is 0 Å². The fraction of sp³-hybridized carbons (Fsp3) is 1.00. The zero-order valence-corrected chi connectivity index (χ0v) is 14.7. The molecular formula is C15H34BrNO2. The molecule has 0 saturated heterocycles. The molecule has 0 atom stereocenters. The summed E-state index contributed by atoms with van der Waals surface area (Å²) < 4.78 is 0. The maximum absolute atomic E-state index is 9.61.